The lowest BCUT2D eigenvalue weighted by atomic mass is 9.72. The number of carboxylic acids is 1. The molecule has 1 aromatic carbocycles. The summed E-state index contributed by atoms with van der Waals surface area (Å²) in [5, 5.41) is 11.7. The number of alkyl carbamates (subject to hydrolysis) is 1. The van der Waals surface area contributed by atoms with Gasteiger partial charge in [0.25, 0.3) is 5.78 Å². The molecule has 1 saturated carbocycles. The number of carbonyl (C=O) groups is 4. The van der Waals surface area contributed by atoms with Crippen molar-refractivity contribution in [2.75, 3.05) is 6.54 Å². The summed E-state index contributed by atoms with van der Waals surface area (Å²) in [4.78, 5) is 47.0. The minimum atomic E-state index is -1.26. The molecule has 0 saturated heterocycles. The van der Waals surface area contributed by atoms with Gasteiger partial charge < -0.3 is 19.9 Å². The number of aliphatic carboxylic acids is 1. The van der Waals surface area contributed by atoms with E-state index < -0.39 is 35.5 Å². The zero-order valence-electron chi connectivity index (χ0n) is 15.8. The molecule has 1 atom stereocenters. The maximum atomic E-state index is 12.0. The van der Waals surface area contributed by atoms with Gasteiger partial charge in [-0.15, -0.1) is 0 Å². The third-order valence-electron chi connectivity index (χ3n) is 4.82. The quantitative estimate of drug-likeness (QED) is 0.303. The van der Waals surface area contributed by atoms with Crippen LogP contribution in [0.25, 0.3) is 0 Å². The summed E-state index contributed by atoms with van der Waals surface area (Å²) in [7, 11) is 0. The fraction of sp³-hybridized carbons (Fsp3) is 0.500. The first-order valence-electron chi connectivity index (χ1n) is 9.28. The normalized spacial score (nSPS) is 16.5. The van der Waals surface area contributed by atoms with Crippen molar-refractivity contribution in [2.45, 2.75) is 51.7 Å². The van der Waals surface area contributed by atoms with Crippen molar-refractivity contribution in [2.24, 2.45) is 5.41 Å². The number of benzene rings is 1. The number of carbonyl (C=O) groups excluding carboxylic acids is 3. The fourth-order valence-electron chi connectivity index (χ4n) is 3.43. The Morgan fingerprint density at radius 3 is 2.32 bits per heavy atom. The molecule has 1 unspecified atom stereocenters. The number of ether oxygens (including phenoxy) is 2. The van der Waals surface area contributed by atoms with Crippen LogP contribution in [-0.2, 0) is 19.1 Å². The zero-order chi connectivity index (χ0) is 20.6. The Kier molecular flexibility index (Phi) is 7.54. The van der Waals surface area contributed by atoms with Gasteiger partial charge in [-0.05, 0) is 18.3 Å². The van der Waals surface area contributed by atoms with Gasteiger partial charge in [-0.25, -0.2) is 9.59 Å². The van der Waals surface area contributed by atoms with E-state index in [2.05, 4.69) is 5.32 Å². The topological polar surface area (TPSA) is 119 Å². The van der Waals surface area contributed by atoms with Crippen molar-refractivity contribution in [3.05, 3.63) is 35.9 Å². The summed E-state index contributed by atoms with van der Waals surface area (Å²) in [5.74, 6) is -2.86. The van der Waals surface area contributed by atoms with E-state index >= 15 is 0 Å². The van der Waals surface area contributed by atoms with Gasteiger partial charge in [0.05, 0.1) is 6.42 Å². The van der Waals surface area contributed by atoms with E-state index in [1.165, 1.54) is 19.1 Å². The first kappa shape index (κ1) is 21.4. The molecular weight excluding hydrogens is 366 g/mol. The number of hydrogen-bond donors (Lipinski definition) is 2. The summed E-state index contributed by atoms with van der Waals surface area (Å²) in [6.07, 6.45) is 2.20. The van der Waals surface area contributed by atoms with E-state index in [1.54, 1.807) is 18.2 Å². The number of ketones is 1. The molecule has 28 heavy (non-hydrogen) atoms. The van der Waals surface area contributed by atoms with Crippen LogP contribution in [0, 0.1) is 5.41 Å². The summed E-state index contributed by atoms with van der Waals surface area (Å²) >= 11 is 0. The average molecular weight is 391 g/mol. The highest BCUT2D eigenvalue weighted by Gasteiger charge is 2.35. The molecule has 0 heterocycles. The Balaban J connectivity index is 1.82. The highest BCUT2D eigenvalue weighted by atomic mass is 16.7. The molecule has 1 aromatic rings. The number of rotatable bonds is 8. The lowest BCUT2D eigenvalue weighted by Crippen LogP contribution is -2.41. The minimum Gasteiger partial charge on any atom is -0.481 e. The Morgan fingerprint density at radius 1 is 1.07 bits per heavy atom. The molecule has 1 fully saturated rings. The Bertz CT molecular complexity index is 711. The summed E-state index contributed by atoms with van der Waals surface area (Å²) in [6.45, 7) is 1.49. The first-order valence-corrected chi connectivity index (χ1v) is 9.28. The molecule has 1 aliphatic rings. The smallest absolute Gasteiger partial charge is 0.410 e. The number of hydrogen-bond acceptors (Lipinski definition) is 6. The lowest BCUT2D eigenvalue weighted by molar-refractivity contribution is -0.159. The highest BCUT2D eigenvalue weighted by Crippen LogP contribution is 2.38. The van der Waals surface area contributed by atoms with Gasteiger partial charge in [-0.3, -0.25) is 9.59 Å². The SMILES string of the molecule is CC(OC(=O)NCC1(CC(=O)O)CCCCC1)OC(=O)C(=O)c1ccccc1. The van der Waals surface area contributed by atoms with Crippen molar-refractivity contribution in [3.8, 4) is 0 Å². The third-order valence-corrected chi connectivity index (χ3v) is 4.82. The second-order valence-electron chi connectivity index (χ2n) is 7.06. The summed E-state index contributed by atoms with van der Waals surface area (Å²) in [6, 6.07) is 7.90. The number of nitrogens with one attached hydrogen (secondary N) is 1. The van der Waals surface area contributed by atoms with Crippen molar-refractivity contribution < 1.29 is 33.8 Å². The molecule has 0 spiro atoms. The van der Waals surface area contributed by atoms with Crippen LogP contribution in [-0.4, -0.2) is 41.8 Å². The molecular formula is C20H25NO7. The summed E-state index contributed by atoms with van der Waals surface area (Å²) < 4.78 is 9.81. The van der Waals surface area contributed by atoms with Gasteiger partial charge in [-0.1, -0.05) is 49.6 Å². The third kappa shape index (κ3) is 6.37. The second-order valence-corrected chi connectivity index (χ2v) is 7.06. The van der Waals surface area contributed by atoms with Crippen LogP contribution < -0.4 is 5.32 Å². The molecule has 0 aromatic heterocycles. The number of Topliss-reactive ketones (excluding diaryl/α,β-unsaturated/α-hetero) is 1. The molecule has 2 N–H and O–H groups in total. The van der Waals surface area contributed by atoms with Crippen molar-refractivity contribution in [3.63, 3.8) is 0 Å². The van der Waals surface area contributed by atoms with Gasteiger partial charge in [-0.2, -0.15) is 0 Å². The van der Waals surface area contributed by atoms with E-state index in [9.17, 15) is 19.2 Å². The molecule has 2 rings (SSSR count). The maximum Gasteiger partial charge on any atom is 0.410 e. The molecule has 0 aliphatic heterocycles. The highest BCUT2D eigenvalue weighted by molar-refractivity contribution is 6.40. The van der Waals surface area contributed by atoms with Gasteiger partial charge in [0, 0.05) is 19.0 Å². The average Bonchev–Trinajstić information content (AvgIpc) is 2.66. The van der Waals surface area contributed by atoms with Gasteiger partial charge >= 0.3 is 18.0 Å². The van der Waals surface area contributed by atoms with Crippen LogP contribution in [0.4, 0.5) is 4.79 Å². The largest absolute Gasteiger partial charge is 0.481 e. The van der Waals surface area contributed by atoms with Crippen LogP contribution in [0.3, 0.4) is 0 Å². The standard InChI is InChI=1S/C20H25NO7/c1-14(27-18(25)17(24)15-8-4-2-5-9-15)28-19(26)21-13-20(12-16(22)23)10-6-3-7-11-20/h2,4-5,8-9,14H,3,6-7,10-13H2,1H3,(H,21,26)(H,22,23). The zero-order valence-corrected chi connectivity index (χ0v) is 15.8. The lowest BCUT2D eigenvalue weighted by Gasteiger charge is -2.36. The van der Waals surface area contributed by atoms with E-state index in [4.69, 9.17) is 14.6 Å². The summed E-state index contributed by atoms with van der Waals surface area (Å²) in [5.41, 5.74) is -0.316. The van der Waals surface area contributed by atoms with Gasteiger partial charge in [0.1, 0.15) is 0 Å². The van der Waals surface area contributed by atoms with E-state index in [0.29, 0.717) is 0 Å². The predicted octanol–water partition coefficient (Wildman–Crippen LogP) is 2.91. The van der Waals surface area contributed by atoms with E-state index in [1.807, 2.05) is 0 Å². The predicted molar refractivity (Wildman–Crippen MR) is 98.6 cm³/mol. The van der Waals surface area contributed by atoms with Crippen molar-refractivity contribution in [1.29, 1.82) is 0 Å². The Labute approximate surface area is 163 Å². The van der Waals surface area contributed by atoms with Crippen LogP contribution in [0.1, 0.15) is 55.8 Å². The maximum absolute atomic E-state index is 12.0. The van der Waals surface area contributed by atoms with E-state index in [0.717, 1.165) is 32.1 Å². The molecule has 1 aliphatic carbocycles. The Morgan fingerprint density at radius 2 is 1.71 bits per heavy atom. The molecule has 0 radical (unpaired) electrons. The molecule has 152 valence electrons. The second kappa shape index (κ2) is 9.87. The van der Waals surface area contributed by atoms with Gasteiger partial charge in [0.2, 0.25) is 6.29 Å². The van der Waals surface area contributed by atoms with Crippen LogP contribution in [0.5, 0.6) is 0 Å². The van der Waals surface area contributed by atoms with Crippen molar-refractivity contribution >= 4 is 23.8 Å². The minimum absolute atomic E-state index is 0.0244. The molecule has 8 heteroatoms. The monoisotopic (exact) mass is 391 g/mol. The first-order chi connectivity index (χ1) is 13.3. The van der Waals surface area contributed by atoms with Crippen molar-refractivity contribution in [1.82, 2.24) is 5.32 Å². The molecule has 1 amide bonds. The number of carboxylic acid groups (broad SMARTS) is 1. The van der Waals surface area contributed by atoms with Crippen LogP contribution in [0.2, 0.25) is 0 Å². The van der Waals surface area contributed by atoms with Gasteiger partial charge in [0.15, 0.2) is 0 Å². The number of esters is 1. The van der Waals surface area contributed by atoms with Crippen LogP contribution in [0.15, 0.2) is 30.3 Å². The fourth-order valence-corrected chi connectivity index (χ4v) is 3.43. The van der Waals surface area contributed by atoms with Crippen LogP contribution >= 0.6 is 0 Å². The van der Waals surface area contributed by atoms with E-state index in [-0.39, 0.29) is 18.5 Å². The number of amides is 1. The Hall–Kier alpha value is -2.90. The molecule has 0 bridgehead atoms. The molecule has 8 nitrogen and oxygen atoms in total.